The standard InChI is InChI=1S/C25H33N3O2/c1-17-10-9-13-20(14-17)23-16-21(19-11-7-6-8-12-19)15-22(26)24(30)27(23)28(18(2)29)25(3,4)5/h6-14,21-23H,15-16,26H2,1-5H3/t21-,22+,23?/m0/s1. The number of carbonyl (C=O) groups is 2. The van der Waals surface area contributed by atoms with Gasteiger partial charge in [-0.1, -0.05) is 60.2 Å². The third-order valence-corrected chi connectivity index (χ3v) is 5.73. The van der Waals surface area contributed by atoms with E-state index in [9.17, 15) is 9.59 Å². The first-order chi connectivity index (χ1) is 14.1. The fourth-order valence-electron chi connectivity index (χ4n) is 4.53. The van der Waals surface area contributed by atoms with Gasteiger partial charge in [0.15, 0.2) is 0 Å². The van der Waals surface area contributed by atoms with E-state index in [1.54, 1.807) is 10.0 Å². The first-order valence-corrected chi connectivity index (χ1v) is 10.6. The zero-order valence-electron chi connectivity index (χ0n) is 18.6. The van der Waals surface area contributed by atoms with Crippen molar-refractivity contribution in [3.63, 3.8) is 0 Å². The Balaban J connectivity index is 2.16. The molecule has 5 heteroatoms. The maximum atomic E-state index is 13.6. The van der Waals surface area contributed by atoms with Gasteiger partial charge in [0.05, 0.1) is 17.6 Å². The molecule has 3 rings (SSSR count). The Hall–Kier alpha value is -2.66. The molecule has 3 atom stereocenters. The highest BCUT2D eigenvalue weighted by Crippen LogP contribution is 2.41. The van der Waals surface area contributed by atoms with Crippen molar-refractivity contribution in [1.29, 1.82) is 0 Å². The van der Waals surface area contributed by atoms with Crippen molar-refractivity contribution < 1.29 is 9.59 Å². The van der Waals surface area contributed by atoms with Crippen LogP contribution in [0.25, 0.3) is 0 Å². The number of hydrazine groups is 1. The van der Waals surface area contributed by atoms with E-state index in [1.807, 2.05) is 64.1 Å². The number of nitrogens with zero attached hydrogens (tertiary/aromatic N) is 2. The number of rotatable bonds is 3. The van der Waals surface area contributed by atoms with Gasteiger partial charge >= 0.3 is 0 Å². The van der Waals surface area contributed by atoms with Crippen LogP contribution in [-0.4, -0.2) is 33.4 Å². The molecule has 2 aromatic rings. The van der Waals surface area contributed by atoms with Crippen LogP contribution in [0.4, 0.5) is 0 Å². The Bertz CT molecular complexity index is 904. The second-order valence-corrected chi connectivity index (χ2v) is 9.30. The normalized spacial score (nSPS) is 22.5. The summed E-state index contributed by atoms with van der Waals surface area (Å²) in [6.45, 7) is 9.39. The van der Waals surface area contributed by atoms with Crippen molar-refractivity contribution in [2.24, 2.45) is 5.73 Å². The van der Waals surface area contributed by atoms with Crippen LogP contribution >= 0.6 is 0 Å². The van der Waals surface area contributed by atoms with E-state index in [1.165, 1.54) is 12.5 Å². The number of amides is 2. The summed E-state index contributed by atoms with van der Waals surface area (Å²) in [7, 11) is 0. The fraction of sp³-hybridized carbons (Fsp3) is 0.440. The van der Waals surface area contributed by atoms with Gasteiger partial charge in [0.1, 0.15) is 0 Å². The lowest BCUT2D eigenvalue weighted by atomic mass is 9.86. The molecule has 2 amide bonds. The minimum absolute atomic E-state index is 0.120. The van der Waals surface area contributed by atoms with Crippen molar-refractivity contribution in [1.82, 2.24) is 10.0 Å². The van der Waals surface area contributed by atoms with Gasteiger partial charge in [-0.3, -0.25) is 9.59 Å². The van der Waals surface area contributed by atoms with E-state index in [0.29, 0.717) is 12.8 Å². The predicted molar refractivity (Wildman–Crippen MR) is 119 cm³/mol. The average molecular weight is 408 g/mol. The fourth-order valence-corrected chi connectivity index (χ4v) is 4.53. The summed E-state index contributed by atoms with van der Waals surface area (Å²) in [4.78, 5) is 26.3. The Kier molecular flexibility index (Phi) is 6.32. The van der Waals surface area contributed by atoms with E-state index < -0.39 is 11.6 Å². The molecule has 160 valence electrons. The maximum absolute atomic E-state index is 13.6. The number of hydrogen-bond acceptors (Lipinski definition) is 3. The van der Waals surface area contributed by atoms with Crippen LogP contribution in [0.5, 0.6) is 0 Å². The van der Waals surface area contributed by atoms with Crippen LogP contribution in [-0.2, 0) is 9.59 Å². The molecule has 0 aromatic heterocycles. The average Bonchev–Trinajstić information content (AvgIpc) is 2.79. The highest BCUT2D eigenvalue weighted by molar-refractivity contribution is 5.86. The lowest BCUT2D eigenvalue weighted by Gasteiger charge is -2.46. The van der Waals surface area contributed by atoms with Gasteiger partial charge in [0, 0.05) is 6.92 Å². The van der Waals surface area contributed by atoms with E-state index in [2.05, 4.69) is 18.2 Å². The molecule has 2 aromatic carbocycles. The molecule has 2 N–H and O–H groups in total. The van der Waals surface area contributed by atoms with E-state index in [-0.39, 0.29) is 23.8 Å². The van der Waals surface area contributed by atoms with Gasteiger partial charge in [-0.2, -0.15) is 0 Å². The SMILES string of the molecule is CC(=O)N(N1C(=O)[C@H](N)C[C@H](c2ccccc2)CC1c1cccc(C)c1)C(C)(C)C. The molecule has 5 nitrogen and oxygen atoms in total. The van der Waals surface area contributed by atoms with Crippen LogP contribution < -0.4 is 5.73 Å². The number of nitrogens with two attached hydrogens (primary N) is 1. The summed E-state index contributed by atoms with van der Waals surface area (Å²) >= 11 is 0. The van der Waals surface area contributed by atoms with Crippen LogP contribution in [0, 0.1) is 6.92 Å². The van der Waals surface area contributed by atoms with Crippen molar-refractivity contribution >= 4 is 11.8 Å². The zero-order chi connectivity index (χ0) is 22.1. The summed E-state index contributed by atoms with van der Waals surface area (Å²) in [5.74, 6) is -0.252. The first kappa shape index (κ1) is 22.0. The first-order valence-electron chi connectivity index (χ1n) is 10.6. The predicted octanol–water partition coefficient (Wildman–Crippen LogP) is 4.33. The number of benzene rings is 2. The summed E-state index contributed by atoms with van der Waals surface area (Å²) in [6, 6.07) is 17.5. The summed E-state index contributed by atoms with van der Waals surface area (Å²) in [5.41, 5.74) is 9.17. The Morgan fingerprint density at radius 2 is 1.67 bits per heavy atom. The number of carbonyl (C=O) groups excluding carboxylic acids is 2. The molecular weight excluding hydrogens is 374 g/mol. The van der Waals surface area contributed by atoms with Crippen molar-refractivity contribution in [3.05, 3.63) is 71.3 Å². The molecule has 1 heterocycles. The second-order valence-electron chi connectivity index (χ2n) is 9.30. The lowest BCUT2D eigenvalue weighted by molar-refractivity contribution is -0.181. The molecule has 1 aliphatic rings. The molecule has 30 heavy (non-hydrogen) atoms. The van der Waals surface area contributed by atoms with Gasteiger partial charge in [-0.15, -0.1) is 0 Å². The molecule has 0 saturated carbocycles. The van der Waals surface area contributed by atoms with Crippen molar-refractivity contribution in [3.8, 4) is 0 Å². The lowest BCUT2D eigenvalue weighted by Crippen LogP contribution is -2.60. The summed E-state index contributed by atoms with van der Waals surface area (Å²) in [5, 5.41) is 3.24. The second kappa shape index (κ2) is 8.60. The Morgan fingerprint density at radius 1 is 1.03 bits per heavy atom. The molecular formula is C25H33N3O2. The zero-order valence-corrected chi connectivity index (χ0v) is 18.6. The van der Waals surface area contributed by atoms with E-state index >= 15 is 0 Å². The highest BCUT2D eigenvalue weighted by atomic mass is 16.2. The maximum Gasteiger partial charge on any atom is 0.258 e. The van der Waals surface area contributed by atoms with Crippen LogP contribution in [0.2, 0.25) is 0 Å². The smallest absolute Gasteiger partial charge is 0.258 e. The molecule has 1 fully saturated rings. The minimum atomic E-state index is -0.672. The molecule has 1 aliphatic heterocycles. The molecule has 0 aliphatic carbocycles. The van der Waals surface area contributed by atoms with Gasteiger partial charge in [-0.05, 0) is 57.6 Å². The van der Waals surface area contributed by atoms with E-state index in [4.69, 9.17) is 5.73 Å². The summed E-state index contributed by atoms with van der Waals surface area (Å²) in [6.07, 6.45) is 1.25. The third kappa shape index (κ3) is 4.57. The van der Waals surface area contributed by atoms with Crippen LogP contribution in [0.3, 0.4) is 0 Å². The van der Waals surface area contributed by atoms with Gasteiger partial charge in [-0.25, -0.2) is 10.0 Å². The van der Waals surface area contributed by atoms with Gasteiger partial charge < -0.3 is 5.73 Å². The number of hydrogen-bond donors (Lipinski definition) is 1. The van der Waals surface area contributed by atoms with Crippen LogP contribution in [0.15, 0.2) is 54.6 Å². The van der Waals surface area contributed by atoms with Crippen molar-refractivity contribution in [2.45, 2.75) is 71.0 Å². The van der Waals surface area contributed by atoms with Gasteiger partial charge in [0.25, 0.3) is 5.91 Å². The van der Waals surface area contributed by atoms with Crippen LogP contribution in [0.1, 0.15) is 69.2 Å². The molecule has 0 bridgehead atoms. The number of aryl methyl sites for hydroxylation is 1. The molecule has 0 radical (unpaired) electrons. The largest absolute Gasteiger partial charge is 0.320 e. The monoisotopic (exact) mass is 407 g/mol. The molecule has 0 spiro atoms. The van der Waals surface area contributed by atoms with Crippen molar-refractivity contribution in [2.75, 3.05) is 0 Å². The van der Waals surface area contributed by atoms with E-state index in [0.717, 1.165) is 11.1 Å². The molecule has 1 saturated heterocycles. The summed E-state index contributed by atoms with van der Waals surface area (Å²) < 4.78 is 0. The Labute approximate surface area is 179 Å². The molecule has 1 unspecified atom stereocenters. The van der Waals surface area contributed by atoms with Gasteiger partial charge in [0.2, 0.25) is 5.91 Å². The Morgan fingerprint density at radius 3 is 2.23 bits per heavy atom. The highest BCUT2D eigenvalue weighted by Gasteiger charge is 2.43. The topological polar surface area (TPSA) is 66.6 Å². The third-order valence-electron chi connectivity index (χ3n) is 5.73. The quantitative estimate of drug-likeness (QED) is 0.823. The minimum Gasteiger partial charge on any atom is -0.320 e.